The van der Waals surface area contributed by atoms with E-state index in [2.05, 4.69) is 0 Å². The second kappa shape index (κ2) is 8.95. The first-order valence-corrected chi connectivity index (χ1v) is 7.51. The molecule has 0 amide bonds. The lowest BCUT2D eigenvalue weighted by atomic mass is 9.93. The summed E-state index contributed by atoms with van der Waals surface area (Å²) in [5.41, 5.74) is -1.47. The van der Waals surface area contributed by atoms with Gasteiger partial charge in [-0.25, -0.2) is 0 Å². The highest BCUT2D eigenvalue weighted by Gasteiger charge is 2.29. The van der Waals surface area contributed by atoms with Crippen LogP contribution in [0.3, 0.4) is 0 Å². The Labute approximate surface area is 122 Å². The third-order valence-electron chi connectivity index (χ3n) is 3.71. The van der Waals surface area contributed by atoms with Crippen LogP contribution in [0, 0.1) is 0 Å². The Hall–Kier alpha value is -0.200. The molecule has 4 atom stereocenters. The fourth-order valence-electron chi connectivity index (χ4n) is 2.37. The number of rotatable bonds is 11. The minimum atomic E-state index is -0.884. The van der Waals surface area contributed by atoms with Crippen LogP contribution >= 0.6 is 0 Å². The summed E-state index contributed by atoms with van der Waals surface area (Å²) in [6.07, 6.45) is 1.19. The van der Waals surface area contributed by atoms with Crippen LogP contribution in [0.15, 0.2) is 0 Å². The molecular formula is C15H32O5. The first kappa shape index (κ1) is 19.8. The van der Waals surface area contributed by atoms with Crippen LogP contribution in [0.25, 0.3) is 0 Å². The van der Waals surface area contributed by atoms with Gasteiger partial charge in [0.2, 0.25) is 0 Å². The highest BCUT2D eigenvalue weighted by molar-refractivity contribution is 4.80. The van der Waals surface area contributed by atoms with Gasteiger partial charge >= 0.3 is 0 Å². The van der Waals surface area contributed by atoms with Gasteiger partial charge in [-0.05, 0) is 26.7 Å². The van der Waals surface area contributed by atoms with E-state index in [0.717, 1.165) is 6.42 Å². The molecule has 0 aromatic carbocycles. The molecular weight excluding hydrogens is 260 g/mol. The summed E-state index contributed by atoms with van der Waals surface area (Å²) in [4.78, 5) is 0. The summed E-state index contributed by atoms with van der Waals surface area (Å²) >= 11 is 0. The molecule has 20 heavy (non-hydrogen) atoms. The van der Waals surface area contributed by atoms with Crippen LogP contribution < -0.4 is 0 Å². The lowest BCUT2D eigenvalue weighted by Crippen LogP contribution is -2.38. The molecule has 0 aromatic heterocycles. The molecule has 0 heterocycles. The molecule has 0 rings (SSSR count). The molecule has 4 unspecified atom stereocenters. The fraction of sp³-hybridized carbons (Fsp3) is 1.00. The molecule has 0 radical (unpaired) electrons. The molecule has 4 N–H and O–H groups in total. The number of aliphatic hydroxyl groups excluding tert-OH is 3. The van der Waals surface area contributed by atoms with E-state index in [1.165, 1.54) is 0 Å². The second-order valence-electron chi connectivity index (χ2n) is 6.26. The highest BCUT2D eigenvalue weighted by Crippen LogP contribution is 2.24. The lowest BCUT2D eigenvalue weighted by molar-refractivity contribution is -0.110. The minimum absolute atomic E-state index is 0.113. The standard InChI is InChI=1S/C15H32O5/c1-5-7-14(3,19)8-13(18)11-20-15(4,6-2)9-12(17)10-16/h12-13,16-19H,5-11H2,1-4H3. The lowest BCUT2D eigenvalue weighted by Gasteiger charge is -2.33. The number of hydrogen-bond acceptors (Lipinski definition) is 5. The van der Waals surface area contributed by atoms with Gasteiger partial charge < -0.3 is 25.2 Å². The molecule has 0 saturated heterocycles. The van der Waals surface area contributed by atoms with Crippen LogP contribution in [0.4, 0.5) is 0 Å². The largest absolute Gasteiger partial charge is 0.394 e. The Balaban J connectivity index is 4.28. The smallest absolute Gasteiger partial charge is 0.0801 e. The van der Waals surface area contributed by atoms with E-state index in [1.54, 1.807) is 6.92 Å². The number of aliphatic hydroxyl groups is 4. The average molecular weight is 292 g/mol. The van der Waals surface area contributed by atoms with Crippen molar-refractivity contribution in [2.75, 3.05) is 13.2 Å². The van der Waals surface area contributed by atoms with E-state index in [9.17, 15) is 15.3 Å². The summed E-state index contributed by atoms with van der Waals surface area (Å²) < 4.78 is 5.70. The van der Waals surface area contributed by atoms with Crippen LogP contribution in [0.1, 0.15) is 59.8 Å². The van der Waals surface area contributed by atoms with Gasteiger partial charge in [0.05, 0.1) is 36.6 Å². The van der Waals surface area contributed by atoms with Crippen molar-refractivity contribution in [3.63, 3.8) is 0 Å². The number of ether oxygens (including phenoxy) is 1. The van der Waals surface area contributed by atoms with E-state index >= 15 is 0 Å². The van der Waals surface area contributed by atoms with Crippen molar-refractivity contribution in [1.29, 1.82) is 0 Å². The van der Waals surface area contributed by atoms with Gasteiger partial charge in [-0.1, -0.05) is 20.3 Å². The van der Waals surface area contributed by atoms with Crippen molar-refractivity contribution in [3.8, 4) is 0 Å². The Kier molecular flexibility index (Phi) is 8.86. The van der Waals surface area contributed by atoms with Crippen molar-refractivity contribution < 1.29 is 25.2 Å². The Morgan fingerprint density at radius 2 is 1.65 bits per heavy atom. The van der Waals surface area contributed by atoms with Gasteiger partial charge in [0.25, 0.3) is 0 Å². The first-order valence-electron chi connectivity index (χ1n) is 7.51. The quantitative estimate of drug-likeness (QED) is 0.460. The van der Waals surface area contributed by atoms with Crippen LogP contribution in [0.2, 0.25) is 0 Å². The van der Waals surface area contributed by atoms with Crippen LogP contribution in [-0.4, -0.2) is 57.0 Å². The van der Waals surface area contributed by atoms with E-state index in [4.69, 9.17) is 9.84 Å². The maximum absolute atomic E-state index is 10.1. The van der Waals surface area contributed by atoms with Crippen molar-refractivity contribution in [2.45, 2.75) is 83.2 Å². The predicted molar refractivity (Wildman–Crippen MR) is 78.5 cm³/mol. The van der Waals surface area contributed by atoms with Gasteiger partial charge in [-0.2, -0.15) is 0 Å². The minimum Gasteiger partial charge on any atom is -0.394 e. The molecule has 0 bridgehead atoms. The summed E-state index contributed by atoms with van der Waals surface area (Å²) in [7, 11) is 0. The van der Waals surface area contributed by atoms with Crippen molar-refractivity contribution in [2.24, 2.45) is 0 Å². The Morgan fingerprint density at radius 3 is 2.10 bits per heavy atom. The van der Waals surface area contributed by atoms with Gasteiger partial charge in [0.1, 0.15) is 0 Å². The zero-order valence-corrected chi connectivity index (χ0v) is 13.3. The molecule has 0 aliphatic heterocycles. The Bertz CT molecular complexity index is 257. The molecule has 122 valence electrons. The average Bonchev–Trinajstić information content (AvgIpc) is 2.35. The van der Waals surface area contributed by atoms with Crippen LogP contribution in [0.5, 0.6) is 0 Å². The molecule has 0 saturated carbocycles. The van der Waals surface area contributed by atoms with Crippen molar-refractivity contribution >= 4 is 0 Å². The van der Waals surface area contributed by atoms with Gasteiger partial charge in [0.15, 0.2) is 0 Å². The Morgan fingerprint density at radius 1 is 1.05 bits per heavy atom. The van der Waals surface area contributed by atoms with Crippen molar-refractivity contribution in [1.82, 2.24) is 0 Å². The topological polar surface area (TPSA) is 90.2 Å². The van der Waals surface area contributed by atoms with E-state index in [-0.39, 0.29) is 19.6 Å². The van der Waals surface area contributed by atoms with Gasteiger partial charge in [0, 0.05) is 12.8 Å². The zero-order valence-electron chi connectivity index (χ0n) is 13.3. The third kappa shape index (κ3) is 8.17. The first-order chi connectivity index (χ1) is 9.18. The van der Waals surface area contributed by atoms with Crippen molar-refractivity contribution in [3.05, 3.63) is 0 Å². The summed E-state index contributed by atoms with van der Waals surface area (Å²) in [6.45, 7) is 7.30. The molecule has 0 aromatic rings. The molecule has 0 aliphatic carbocycles. The normalized spacial score (nSPS) is 21.0. The molecule has 5 nitrogen and oxygen atoms in total. The van der Waals surface area contributed by atoms with Crippen LogP contribution in [-0.2, 0) is 4.74 Å². The zero-order chi connectivity index (χ0) is 15.8. The van der Waals surface area contributed by atoms with Gasteiger partial charge in [-0.15, -0.1) is 0 Å². The predicted octanol–water partition coefficient (Wildman–Crippen LogP) is 1.22. The summed E-state index contributed by atoms with van der Waals surface area (Å²) in [5, 5.41) is 38.4. The molecule has 5 heteroatoms. The molecule has 0 fully saturated rings. The highest BCUT2D eigenvalue weighted by atomic mass is 16.5. The van der Waals surface area contributed by atoms with E-state index in [1.807, 2.05) is 20.8 Å². The monoisotopic (exact) mass is 292 g/mol. The maximum Gasteiger partial charge on any atom is 0.0801 e. The SMILES string of the molecule is CCCC(C)(O)CC(O)COC(C)(CC)CC(O)CO. The number of hydrogen-bond donors (Lipinski definition) is 4. The van der Waals surface area contributed by atoms with Gasteiger partial charge in [-0.3, -0.25) is 0 Å². The summed E-state index contributed by atoms with van der Waals surface area (Å²) in [5.74, 6) is 0. The van der Waals surface area contributed by atoms with E-state index < -0.39 is 23.4 Å². The summed E-state index contributed by atoms with van der Waals surface area (Å²) in [6, 6.07) is 0. The van der Waals surface area contributed by atoms with E-state index in [0.29, 0.717) is 19.3 Å². The third-order valence-corrected chi connectivity index (χ3v) is 3.71. The fourth-order valence-corrected chi connectivity index (χ4v) is 2.37. The molecule has 0 aliphatic rings. The maximum atomic E-state index is 10.1. The molecule has 0 spiro atoms. The second-order valence-corrected chi connectivity index (χ2v) is 6.26.